The first-order valence-corrected chi connectivity index (χ1v) is 2.31. The van der Waals surface area contributed by atoms with Gasteiger partial charge in [-0.05, 0) is 0 Å². The molecule has 1 unspecified atom stereocenters. The number of hydrogen-bond donors (Lipinski definition) is 1. The van der Waals surface area contributed by atoms with Crippen LogP contribution in [0.2, 0.25) is 0 Å². The third kappa shape index (κ3) is 0.776. The van der Waals surface area contributed by atoms with Crippen LogP contribution in [0.3, 0.4) is 0 Å². The summed E-state index contributed by atoms with van der Waals surface area (Å²) in [5, 5.41) is 3.49. The van der Waals surface area contributed by atoms with Crippen molar-refractivity contribution in [3.8, 4) is 0 Å². The summed E-state index contributed by atoms with van der Waals surface area (Å²) in [6, 6.07) is -0.394. The van der Waals surface area contributed by atoms with Crippen LogP contribution in [0.1, 0.15) is 6.42 Å². The Morgan fingerprint density at radius 1 is 1.88 bits per heavy atom. The van der Waals surface area contributed by atoms with E-state index >= 15 is 0 Å². The Labute approximate surface area is 46.7 Å². The molecule has 0 aromatic rings. The van der Waals surface area contributed by atoms with Crippen molar-refractivity contribution in [2.24, 2.45) is 10.8 Å². The number of carbonyl (C=O) groups excluding carboxylic acids is 1. The second kappa shape index (κ2) is 1.81. The fraction of sp³-hybridized carbons (Fsp3) is 0.500. The van der Waals surface area contributed by atoms with Gasteiger partial charge in [-0.15, -0.1) is 0 Å². The van der Waals surface area contributed by atoms with Crippen LogP contribution in [0.5, 0.6) is 0 Å². The number of carbonyl (C=O) groups is 1. The highest BCUT2D eigenvalue weighted by molar-refractivity contribution is 5.84. The van der Waals surface area contributed by atoms with E-state index in [0.29, 0.717) is 6.42 Å². The summed E-state index contributed by atoms with van der Waals surface area (Å²) in [7, 11) is 0. The summed E-state index contributed by atoms with van der Waals surface area (Å²) in [4.78, 5) is 10.3. The lowest BCUT2D eigenvalue weighted by molar-refractivity contribution is -0.119. The zero-order chi connectivity index (χ0) is 5.98. The van der Waals surface area contributed by atoms with Crippen molar-refractivity contribution in [3.05, 3.63) is 0 Å². The monoisotopic (exact) mass is 112 g/mol. The quantitative estimate of drug-likeness (QED) is 0.456. The van der Waals surface area contributed by atoms with Crippen molar-refractivity contribution in [1.29, 1.82) is 0 Å². The van der Waals surface area contributed by atoms with Crippen molar-refractivity contribution >= 4 is 12.1 Å². The van der Waals surface area contributed by atoms with Crippen LogP contribution in [0.25, 0.3) is 0 Å². The minimum absolute atomic E-state index is 0.394. The van der Waals surface area contributed by atoms with Crippen LogP contribution in [-0.2, 0) is 4.79 Å². The lowest BCUT2D eigenvalue weighted by Crippen LogP contribution is -2.31. The lowest BCUT2D eigenvalue weighted by Gasteiger charge is -1.97. The van der Waals surface area contributed by atoms with E-state index in [4.69, 9.17) is 5.73 Å². The molecule has 0 saturated carbocycles. The molecule has 1 aliphatic heterocycles. The normalized spacial score (nSPS) is 25.2. The Balaban J connectivity index is 2.41. The minimum atomic E-state index is -0.400. The molecule has 0 bridgehead atoms. The average Bonchev–Trinajstić information content (AvgIpc) is 2.12. The highest BCUT2D eigenvalue weighted by Crippen LogP contribution is 1.95. The molecule has 1 amide bonds. The molecule has 4 nitrogen and oxygen atoms in total. The van der Waals surface area contributed by atoms with E-state index in [2.05, 4.69) is 10.5 Å². The summed E-state index contributed by atoms with van der Waals surface area (Å²) in [6.45, 7) is 0. The van der Waals surface area contributed by atoms with E-state index in [1.54, 1.807) is 6.21 Å². The first-order chi connectivity index (χ1) is 3.80. The molecule has 0 aliphatic carbocycles. The van der Waals surface area contributed by atoms with Crippen molar-refractivity contribution in [2.45, 2.75) is 12.5 Å². The van der Waals surface area contributed by atoms with Gasteiger partial charge in [0.05, 0.1) is 0 Å². The third-order valence-electron chi connectivity index (χ3n) is 0.945. The van der Waals surface area contributed by atoms with Crippen molar-refractivity contribution < 1.29 is 4.79 Å². The Morgan fingerprint density at radius 3 is 2.88 bits per heavy atom. The second-order valence-electron chi connectivity index (χ2n) is 1.57. The van der Waals surface area contributed by atoms with Gasteiger partial charge < -0.3 is 5.73 Å². The fourth-order valence-corrected chi connectivity index (χ4v) is 0.495. The molecule has 8 heavy (non-hydrogen) atoms. The molecule has 4 heteroatoms. The van der Waals surface area contributed by atoms with Gasteiger partial charge in [0.15, 0.2) is 6.04 Å². The average molecular weight is 112 g/mol. The van der Waals surface area contributed by atoms with Crippen molar-refractivity contribution in [3.63, 3.8) is 0 Å². The molecule has 1 heterocycles. The van der Waals surface area contributed by atoms with E-state index in [1.807, 2.05) is 0 Å². The highest BCUT2D eigenvalue weighted by atomic mass is 16.1. The molecular weight excluding hydrogens is 106 g/mol. The molecule has 43 valence electrons. The van der Waals surface area contributed by atoms with Crippen LogP contribution < -0.4 is 11.2 Å². The van der Waals surface area contributed by atoms with Gasteiger partial charge in [0.2, 0.25) is 5.91 Å². The van der Waals surface area contributed by atoms with E-state index in [0.717, 1.165) is 0 Å². The first kappa shape index (κ1) is 5.08. The molecule has 0 saturated heterocycles. The Bertz CT molecular complexity index is 123. The number of nitrogens with zero attached hydrogens (tertiary/aromatic N) is 2. The summed E-state index contributed by atoms with van der Waals surface area (Å²) in [5.41, 5.74) is 8.42. The zero-order valence-electron chi connectivity index (χ0n) is 4.24. The van der Waals surface area contributed by atoms with Gasteiger partial charge in [-0.1, -0.05) is 0 Å². The topological polar surface area (TPSA) is 69.6 Å². The van der Waals surface area contributed by atoms with E-state index in [-0.39, 0.29) is 0 Å². The molecule has 1 aliphatic rings. The van der Waals surface area contributed by atoms with Gasteiger partial charge in [-0.3, -0.25) is 4.79 Å². The van der Waals surface area contributed by atoms with Crippen LogP contribution in [0.15, 0.2) is 5.10 Å². The molecule has 1 radical (unpaired) electrons. The van der Waals surface area contributed by atoms with Crippen LogP contribution in [0.4, 0.5) is 0 Å². The van der Waals surface area contributed by atoms with Crippen molar-refractivity contribution in [2.75, 3.05) is 0 Å². The smallest absolute Gasteiger partial charge is 0.244 e. The van der Waals surface area contributed by atoms with E-state index in [1.165, 1.54) is 0 Å². The van der Waals surface area contributed by atoms with E-state index < -0.39 is 11.9 Å². The van der Waals surface area contributed by atoms with Gasteiger partial charge in [0.25, 0.3) is 0 Å². The number of rotatable bonds is 1. The molecular formula is C4H6N3O. The van der Waals surface area contributed by atoms with Crippen LogP contribution in [-0.4, -0.2) is 18.2 Å². The van der Waals surface area contributed by atoms with Gasteiger partial charge in [0.1, 0.15) is 0 Å². The molecule has 0 spiro atoms. The molecule has 1 atom stereocenters. The number of primary amides is 1. The molecule has 1 rings (SSSR count). The summed E-state index contributed by atoms with van der Waals surface area (Å²) < 4.78 is 0. The second-order valence-corrected chi connectivity index (χ2v) is 1.57. The highest BCUT2D eigenvalue weighted by Gasteiger charge is 2.17. The predicted octanol–water partition coefficient (Wildman–Crippen LogP) is -1.17. The van der Waals surface area contributed by atoms with Gasteiger partial charge in [-0.2, -0.15) is 10.5 Å². The van der Waals surface area contributed by atoms with Crippen molar-refractivity contribution in [1.82, 2.24) is 5.43 Å². The van der Waals surface area contributed by atoms with Gasteiger partial charge in [0, 0.05) is 12.6 Å². The first-order valence-electron chi connectivity index (χ1n) is 2.31. The predicted molar refractivity (Wildman–Crippen MR) is 28.2 cm³/mol. The maximum absolute atomic E-state index is 10.3. The Morgan fingerprint density at radius 2 is 2.62 bits per heavy atom. The van der Waals surface area contributed by atoms with E-state index in [9.17, 15) is 4.79 Å². The third-order valence-corrected chi connectivity index (χ3v) is 0.945. The minimum Gasteiger partial charge on any atom is -0.368 e. The molecule has 2 N–H and O–H groups in total. The molecule has 0 fully saturated rings. The van der Waals surface area contributed by atoms with Crippen LogP contribution >= 0.6 is 0 Å². The molecule has 0 aromatic heterocycles. The lowest BCUT2D eigenvalue weighted by atomic mass is 10.2. The summed E-state index contributed by atoms with van der Waals surface area (Å²) in [6.07, 6.45) is 2.14. The molecule has 0 aromatic carbocycles. The SMILES string of the molecule is NC(=O)C1CC=N[N]1. The Kier molecular flexibility index (Phi) is 1.15. The number of hydrogen-bond acceptors (Lipinski definition) is 2. The fourth-order valence-electron chi connectivity index (χ4n) is 0.495. The maximum atomic E-state index is 10.3. The van der Waals surface area contributed by atoms with Gasteiger partial charge >= 0.3 is 0 Å². The maximum Gasteiger partial charge on any atom is 0.244 e. The van der Waals surface area contributed by atoms with Gasteiger partial charge in [-0.25, -0.2) is 0 Å². The summed E-state index contributed by atoms with van der Waals surface area (Å²) in [5.74, 6) is -0.400. The van der Waals surface area contributed by atoms with Crippen LogP contribution in [0, 0.1) is 0 Å². The zero-order valence-corrected chi connectivity index (χ0v) is 4.24. The summed E-state index contributed by atoms with van der Waals surface area (Å²) >= 11 is 0. The number of nitrogens with two attached hydrogens (primary N) is 1. The Hall–Kier alpha value is -1.06. The largest absolute Gasteiger partial charge is 0.368 e. The standard InChI is InChI=1S/C4H6N3O/c5-4(8)3-1-2-6-7-3/h2-3H,1H2,(H2,5,8). The number of amides is 1.